The molecule has 0 saturated carbocycles. The van der Waals surface area contributed by atoms with Crippen LogP contribution in [0.4, 0.5) is 5.69 Å². The fraction of sp³-hybridized carbons (Fsp3) is 0.355. The van der Waals surface area contributed by atoms with Crippen LogP contribution in [0.2, 0.25) is 0 Å². The maximum absolute atomic E-state index is 14.4. The number of methoxy groups -OCH3 is 2. The molecule has 210 valence electrons. The number of amides is 2. The Morgan fingerprint density at radius 2 is 1.70 bits per heavy atom. The maximum Gasteiger partial charge on any atom is 0.249 e. The summed E-state index contributed by atoms with van der Waals surface area (Å²) >= 11 is 0. The summed E-state index contributed by atoms with van der Waals surface area (Å²) in [6, 6.07) is 17.5. The zero-order valence-corrected chi connectivity index (χ0v) is 24.2. The number of hydrogen-bond acceptors (Lipinski definition) is 6. The molecule has 0 aliphatic carbocycles. The van der Waals surface area contributed by atoms with Crippen LogP contribution in [0.25, 0.3) is 11.0 Å². The van der Waals surface area contributed by atoms with Crippen LogP contribution in [0, 0.1) is 13.8 Å². The van der Waals surface area contributed by atoms with Gasteiger partial charge in [0.25, 0.3) is 0 Å². The van der Waals surface area contributed by atoms with Crippen molar-refractivity contribution in [3.63, 3.8) is 0 Å². The van der Waals surface area contributed by atoms with Gasteiger partial charge in [-0.2, -0.15) is 0 Å². The van der Waals surface area contributed by atoms with Crippen molar-refractivity contribution in [2.45, 2.75) is 59.2 Å². The minimum Gasteiger partial charge on any atom is -0.497 e. The first-order chi connectivity index (χ1) is 19.1. The molecule has 9 nitrogen and oxygen atoms in total. The van der Waals surface area contributed by atoms with E-state index in [-0.39, 0.29) is 18.4 Å². The maximum atomic E-state index is 14.4. The lowest BCUT2D eigenvalue weighted by atomic mass is 9.96. The fourth-order valence-electron chi connectivity index (χ4n) is 4.75. The third-order valence-electron chi connectivity index (χ3n) is 7.24. The third-order valence-corrected chi connectivity index (χ3v) is 7.24. The zero-order valence-electron chi connectivity index (χ0n) is 24.2. The highest BCUT2D eigenvalue weighted by Crippen LogP contribution is 2.38. The van der Waals surface area contributed by atoms with E-state index in [4.69, 9.17) is 9.47 Å². The molecular weight excluding hydrogens is 506 g/mol. The van der Waals surface area contributed by atoms with Gasteiger partial charge in [0, 0.05) is 17.2 Å². The molecule has 0 aliphatic rings. The number of nitrogens with one attached hydrogen (secondary N) is 1. The molecule has 0 aliphatic heterocycles. The molecule has 40 heavy (non-hydrogen) atoms. The van der Waals surface area contributed by atoms with Crippen molar-refractivity contribution in [3.05, 3.63) is 77.4 Å². The Kier molecular flexibility index (Phi) is 8.42. The standard InChI is InChI=1S/C31H37N5O4/c1-8-31(4,5)32-30(38)29(23-17-16-22(39-6)18-26(23)40-7)36(28-20(2)12-11-13-21(28)3)27(37)19-35-25-15-10-9-14-24(25)33-34-35/h9-18,29H,8,19H2,1-7H3,(H,32,38). The second kappa shape index (κ2) is 11.8. The fourth-order valence-corrected chi connectivity index (χ4v) is 4.75. The van der Waals surface area contributed by atoms with Crippen molar-refractivity contribution in [1.29, 1.82) is 0 Å². The van der Waals surface area contributed by atoms with Crippen molar-refractivity contribution in [2.24, 2.45) is 0 Å². The number of carbonyl (C=O) groups is 2. The number of carbonyl (C=O) groups excluding carboxylic acids is 2. The Hall–Kier alpha value is -4.40. The summed E-state index contributed by atoms with van der Waals surface area (Å²) in [5.41, 5.74) is 3.81. The molecule has 1 unspecified atom stereocenters. The van der Waals surface area contributed by atoms with Gasteiger partial charge in [-0.05, 0) is 69.5 Å². The number of anilines is 1. The molecule has 3 aromatic carbocycles. The summed E-state index contributed by atoms with van der Waals surface area (Å²) in [7, 11) is 3.10. The van der Waals surface area contributed by atoms with Crippen molar-refractivity contribution < 1.29 is 19.1 Å². The van der Waals surface area contributed by atoms with Gasteiger partial charge in [0.1, 0.15) is 29.6 Å². The van der Waals surface area contributed by atoms with Crippen molar-refractivity contribution in [1.82, 2.24) is 20.3 Å². The number of nitrogens with zero attached hydrogens (tertiary/aromatic N) is 4. The Morgan fingerprint density at radius 3 is 2.35 bits per heavy atom. The first-order valence-corrected chi connectivity index (χ1v) is 13.3. The average Bonchev–Trinajstić information content (AvgIpc) is 3.34. The minimum absolute atomic E-state index is 0.117. The van der Waals surface area contributed by atoms with Crippen molar-refractivity contribution in [3.8, 4) is 11.5 Å². The number of ether oxygens (including phenoxy) is 2. The summed E-state index contributed by atoms with van der Waals surface area (Å²) in [6.45, 7) is 9.68. The van der Waals surface area contributed by atoms with Gasteiger partial charge in [-0.3, -0.25) is 14.5 Å². The first kappa shape index (κ1) is 28.6. The molecule has 0 saturated heterocycles. The summed E-state index contributed by atoms with van der Waals surface area (Å²) in [4.78, 5) is 30.3. The van der Waals surface area contributed by atoms with E-state index < -0.39 is 11.6 Å². The van der Waals surface area contributed by atoms with Gasteiger partial charge in [0.05, 0.1) is 25.4 Å². The molecule has 1 atom stereocenters. The molecule has 4 aromatic rings. The van der Waals surface area contributed by atoms with Gasteiger partial charge in [-0.25, -0.2) is 4.68 Å². The minimum atomic E-state index is -1.05. The van der Waals surface area contributed by atoms with E-state index in [1.807, 2.05) is 77.1 Å². The van der Waals surface area contributed by atoms with Crippen LogP contribution in [-0.4, -0.2) is 46.6 Å². The van der Waals surface area contributed by atoms with E-state index in [2.05, 4.69) is 15.6 Å². The lowest BCUT2D eigenvalue weighted by molar-refractivity contribution is -0.128. The molecule has 1 N–H and O–H groups in total. The molecule has 0 fully saturated rings. The van der Waals surface area contributed by atoms with Crippen LogP contribution >= 0.6 is 0 Å². The molecule has 0 bridgehead atoms. The van der Waals surface area contributed by atoms with Crippen LogP contribution in [-0.2, 0) is 16.1 Å². The van der Waals surface area contributed by atoms with E-state index in [1.54, 1.807) is 34.9 Å². The second-order valence-electron chi connectivity index (χ2n) is 10.5. The highest BCUT2D eigenvalue weighted by molar-refractivity contribution is 6.03. The van der Waals surface area contributed by atoms with Gasteiger partial charge < -0.3 is 14.8 Å². The molecule has 1 heterocycles. The summed E-state index contributed by atoms with van der Waals surface area (Å²) in [6.07, 6.45) is 0.702. The average molecular weight is 544 g/mol. The third kappa shape index (κ3) is 5.78. The number of rotatable bonds is 10. The highest BCUT2D eigenvalue weighted by atomic mass is 16.5. The highest BCUT2D eigenvalue weighted by Gasteiger charge is 2.38. The van der Waals surface area contributed by atoms with Crippen LogP contribution in [0.15, 0.2) is 60.7 Å². The number of hydrogen-bond donors (Lipinski definition) is 1. The first-order valence-electron chi connectivity index (χ1n) is 13.3. The molecule has 9 heteroatoms. The molecule has 4 rings (SSSR count). The molecule has 2 amide bonds. The van der Waals surface area contributed by atoms with E-state index in [9.17, 15) is 9.59 Å². The van der Waals surface area contributed by atoms with Gasteiger partial charge in [-0.1, -0.05) is 42.5 Å². The summed E-state index contributed by atoms with van der Waals surface area (Å²) < 4.78 is 12.7. The molecule has 0 spiro atoms. The van der Waals surface area contributed by atoms with E-state index >= 15 is 0 Å². The number of aromatic nitrogens is 3. The number of para-hydroxylation sites is 2. The van der Waals surface area contributed by atoms with Crippen molar-refractivity contribution >= 4 is 28.5 Å². The number of fused-ring (bicyclic) bond motifs is 1. The van der Waals surface area contributed by atoms with Crippen LogP contribution < -0.4 is 19.7 Å². The Bertz CT molecular complexity index is 1510. The lowest BCUT2D eigenvalue weighted by Gasteiger charge is -2.36. The number of aryl methyl sites for hydroxylation is 2. The zero-order chi connectivity index (χ0) is 29.0. The van der Waals surface area contributed by atoms with Crippen LogP contribution in [0.1, 0.15) is 49.9 Å². The predicted octanol–water partition coefficient (Wildman–Crippen LogP) is 5.14. The molecule has 1 aromatic heterocycles. The van der Waals surface area contributed by atoms with E-state index in [0.717, 1.165) is 16.6 Å². The van der Waals surface area contributed by atoms with Gasteiger partial charge in [-0.15, -0.1) is 5.10 Å². The van der Waals surface area contributed by atoms with Gasteiger partial charge in [0.15, 0.2) is 0 Å². The topological polar surface area (TPSA) is 98.6 Å². The van der Waals surface area contributed by atoms with Gasteiger partial charge in [0.2, 0.25) is 11.8 Å². The number of benzene rings is 3. The Labute approximate surface area is 235 Å². The van der Waals surface area contributed by atoms with Crippen LogP contribution in [0.3, 0.4) is 0 Å². The van der Waals surface area contributed by atoms with E-state index in [1.165, 1.54) is 7.11 Å². The smallest absolute Gasteiger partial charge is 0.249 e. The van der Waals surface area contributed by atoms with E-state index in [0.29, 0.717) is 34.7 Å². The largest absolute Gasteiger partial charge is 0.497 e. The predicted molar refractivity (Wildman–Crippen MR) is 156 cm³/mol. The summed E-state index contributed by atoms with van der Waals surface area (Å²) in [5.74, 6) is 0.367. The van der Waals surface area contributed by atoms with Crippen LogP contribution in [0.5, 0.6) is 11.5 Å². The lowest BCUT2D eigenvalue weighted by Crippen LogP contribution is -2.51. The normalized spacial score (nSPS) is 12.2. The van der Waals surface area contributed by atoms with Crippen molar-refractivity contribution in [2.75, 3.05) is 19.1 Å². The monoisotopic (exact) mass is 543 g/mol. The molecule has 0 radical (unpaired) electrons. The van der Waals surface area contributed by atoms with Gasteiger partial charge >= 0.3 is 0 Å². The Balaban J connectivity index is 1.93. The SMILES string of the molecule is CCC(C)(C)NC(=O)C(c1ccc(OC)cc1OC)N(C(=O)Cn1nnc2ccccc21)c1c(C)cccc1C. The second-order valence-corrected chi connectivity index (χ2v) is 10.5. The quantitative estimate of drug-likeness (QED) is 0.297. The summed E-state index contributed by atoms with van der Waals surface area (Å²) in [5, 5.41) is 11.6. The Morgan fingerprint density at radius 1 is 1.00 bits per heavy atom. The molecular formula is C31H37N5O4.